The third kappa shape index (κ3) is 7.70. The molecule has 2 atom stereocenters. The number of carbonyl (C=O) groups is 1. The summed E-state index contributed by atoms with van der Waals surface area (Å²) in [5.74, 6) is 0.471. The van der Waals surface area contributed by atoms with E-state index in [1.807, 2.05) is 38.2 Å². The highest BCUT2D eigenvalue weighted by molar-refractivity contribution is 5.95. The average Bonchev–Trinajstić information content (AvgIpc) is 2.73. The molecule has 29 heavy (non-hydrogen) atoms. The van der Waals surface area contributed by atoms with E-state index in [1.54, 1.807) is 13.0 Å². The van der Waals surface area contributed by atoms with E-state index in [4.69, 9.17) is 11.1 Å². The van der Waals surface area contributed by atoms with E-state index in [1.165, 1.54) is 13.1 Å². The quantitative estimate of drug-likeness (QED) is 0.164. The zero-order chi connectivity index (χ0) is 22.0. The van der Waals surface area contributed by atoms with E-state index in [2.05, 4.69) is 36.2 Å². The molecular formula is C24H36N4O. The van der Waals surface area contributed by atoms with Gasteiger partial charge >= 0.3 is 0 Å². The molecule has 0 radical (unpaired) electrons. The van der Waals surface area contributed by atoms with Crippen LogP contribution in [0, 0.1) is 11.3 Å². The number of rotatable bonds is 11. The number of hydrogen-bond donors (Lipinski definition) is 3. The first kappa shape index (κ1) is 24.4. The van der Waals surface area contributed by atoms with E-state index < -0.39 is 0 Å². The second-order valence-corrected chi connectivity index (χ2v) is 7.44. The lowest BCUT2D eigenvalue weighted by atomic mass is 10.1. The van der Waals surface area contributed by atoms with Gasteiger partial charge in [-0.1, -0.05) is 38.5 Å². The van der Waals surface area contributed by atoms with Crippen LogP contribution in [0.15, 0.2) is 59.3 Å². The third-order valence-corrected chi connectivity index (χ3v) is 5.19. The molecule has 5 nitrogen and oxygen atoms in total. The number of nitrogens with one attached hydrogen (secondary N) is 2. The zero-order valence-electron chi connectivity index (χ0n) is 18.6. The number of anilines is 1. The summed E-state index contributed by atoms with van der Waals surface area (Å²) in [7, 11) is 1.99. The Balaban J connectivity index is 3.29. The second-order valence-electron chi connectivity index (χ2n) is 7.44. The van der Waals surface area contributed by atoms with Crippen LogP contribution >= 0.6 is 0 Å². The van der Waals surface area contributed by atoms with Crippen molar-refractivity contribution >= 4 is 17.7 Å². The van der Waals surface area contributed by atoms with Crippen LogP contribution in [0.3, 0.4) is 0 Å². The molecule has 0 bridgehead atoms. The van der Waals surface area contributed by atoms with Crippen molar-refractivity contribution < 1.29 is 4.79 Å². The van der Waals surface area contributed by atoms with Gasteiger partial charge in [-0.3, -0.25) is 4.79 Å². The van der Waals surface area contributed by atoms with Gasteiger partial charge in [0.05, 0.1) is 0 Å². The van der Waals surface area contributed by atoms with E-state index in [9.17, 15) is 4.79 Å². The predicted octanol–water partition coefficient (Wildman–Crippen LogP) is 4.88. The summed E-state index contributed by atoms with van der Waals surface area (Å²) in [6.45, 7) is 10.1. The van der Waals surface area contributed by atoms with Crippen LogP contribution in [-0.4, -0.2) is 30.1 Å². The fourth-order valence-electron chi connectivity index (χ4n) is 2.66. The summed E-state index contributed by atoms with van der Waals surface area (Å²) in [4.78, 5) is 13.7. The average molecular weight is 397 g/mol. The molecule has 158 valence electrons. The van der Waals surface area contributed by atoms with Crippen LogP contribution in [-0.2, 0) is 11.3 Å². The van der Waals surface area contributed by atoms with Gasteiger partial charge in [0.2, 0.25) is 0 Å². The molecule has 0 aliphatic carbocycles. The first-order chi connectivity index (χ1) is 13.7. The van der Waals surface area contributed by atoms with Gasteiger partial charge in [0, 0.05) is 36.8 Å². The molecule has 0 amide bonds. The molecule has 4 N–H and O–H groups in total. The lowest BCUT2D eigenvalue weighted by Crippen LogP contribution is -2.36. The summed E-state index contributed by atoms with van der Waals surface area (Å²) in [6.07, 6.45) is 8.37. The number of benzene rings is 1. The van der Waals surface area contributed by atoms with Crippen molar-refractivity contribution in [1.29, 1.82) is 5.41 Å². The van der Waals surface area contributed by atoms with Crippen LogP contribution < -0.4 is 11.1 Å². The molecule has 0 aromatic heterocycles. The first-order valence-electron chi connectivity index (χ1n) is 10.1. The molecule has 0 fully saturated rings. The standard InChI is InChI=1S/C24H36N4O/c1-7-17(2)11-12-24(27-23-10-8-9-21(14-23)15-25)28(6)19(4)22(16-26)13-18(3)20(5)29/h8-14,16-17,24,26-27H,7,15,25H2,1-6H3/b12-11-,18-13+,22-19+,26-16?. The zero-order valence-corrected chi connectivity index (χ0v) is 18.6. The molecule has 0 spiro atoms. The Morgan fingerprint density at radius 1 is 1.28 bits per heavy atom. The van der Waals surface area contributed by atoms with Gasteiger partial charge in [0.15, 0.2) is 5.78 Å². The van der Waals surface area contributed by atoms with Gasteiger partial charge in [0.1, 0.15) is 6.17 Å². The monoisotopic (exact) mass is 396 g/mol. The summed E-state index contributed by atoms with van der Waals surface area (Å²) >= 11 is 0. The van der Waals surface area contributed by atoms with Gasteiger partial charge in [0.25, 0.3) is 0 Å². The van der Waals surface area contributed by atoms with Gasteiger partial charge in [-0.2, -0.15) is 0 Å². The van der Waals surface area contributed by atoms with Crippen molar-refractivity contribution in [2.75, 3.05) is 12.4 Å². The number of nitrogens with two attached hydrogens (primary N) is 1. The van der Waals surface area contributed by atoms with Crippen LogP contribution in [0.5, 0.6) is 0 Å². The minimum atomic E-state index is -0.113. The van der Waals surface area contributed by atoms with Gasteiger partial charge < -0.3 is 21.4 Å². The molecule has 1 aromatic carbocycles. The van der Waals surface area contributed by atoms with Crippen molar-refractivity contribution in [2.45, 2.75) is 53.8 Å². The van der Waals surface area contributed by atoms with E-state index >= 15 is 0 Å². The minimum absolute atomic E-state index is 0.00439. The molecule has 2 unspecified atom stereocenters. The SMILES string of the molecule is CCC(C)/C=C\C(Nc1cccc(CN)c1)N(C)/C(C)=C(C=N)\C=C(/C)C(C)=O. The molecular weight excluding hydrogens is 360 g/mol. The van der Waals surface area contributed by atoms with Crippen molar-refractivity contribution in [3.8, 4) is 0 Å². The highest BCUT2D eigenvalue weighted by Gasteiger charge is 2.15. The number of likely N-dealkylation sites (N-methyl/N-ethyl adjacent to an activating group) is 1. The minimum Gasteiger partial charge on any atom is -0.362 e. The van der Waals surface area contributed by atoms with E-state index in [-0.39, 0.29) is 11.9 Å². The molecule has 0 saturated carbocycles. The number of Topliss-reactive ketones (excluding diaryl/α,β-unsaturated/α-hetero) is 1. The molecule has 0 aliphatic heterocycles. The number of hydrogen-bond acceptors (Lipinski definition) is 5. The first-order valence-corrected chi connectivity index (χ1v) is 10.1. The van der Waals surface area contributed by atoms with Gasteiger partial charge in [-0.25, -0.2) is 0 Å². The number of nitrogens with zero attached hydrogens (tertiary/aromatic N) is 1. The van der Waals surface area contributed by atoms with Gasteiger partial charge in [-0.15, -0.1) is 0 Å². The van der Waals surface area contributed by atoms with E-state index in [0.717, 1.165) is 23.4 Å². The predicted molar refractivity (Wildman–Crippen MR) is 124 cm³/mol. The summed E-state index contributed by atoms with van der Waals surface area (Å²) in [5.41, 5.74) is 10.1. The van der Waals surface area contributed by atoms with E-state index in [0.29, 0.717) is 23.6 Å². The Labute approximate surface area is 175 Å². The fourth-order valence-corrected chi connectivity index (χ4v) is 2.66. The van der Waals surface area contributed by atoms with Crippen molar-refractivity contribution in [3.05, 3.63) is 64.9 Å². The van der Waals surface area contributed by atoms with Crippen LogP contribution in [0.4, 0.5) is 5.69 Å². The number of ketones is 1. The second kappa shape index (κ2) is 12.0. The Morgan fingerprint density at radius 2 is 1.97 bits per heavy atom. The van der Waals surface area contributed by atoms with Crippen molar-refractivity contribution in [1.82, 2.24) is 4.90 Å². The topological polar surface area (TPSA) is 82.2 Å². The lowest BCUT2D eigenvalue weighted by Gasteiger charge is -2.31. The third-order valence-electron chi connectivity index (χ3n) is 5.19. The summed E-state index contributed by atoms with van der Waals surface area (Å²) < 4.78 is 0. The van der Waals surface area contributed by atoms with Crippen LogP contribution in [0.1, 0.15) is 46.6 Å². The lowest BCUT2D eigenvalue weighted by molar-refractivity contribution is -0.113. The van der Waals surface area contributed by atoms with Crippen LogP contribution in [0.2, 0.25) is 0 Å². The summed E-state index contributed by atoms with van der Waals surface area (Å²) in [6, 6.07) is 8.07. The molecule has 5 heteroatoms. The maximum atomic E-state index is 11.6. The number of carbonyl (C=O) groups excluding carboxylic acids is 1. The highest BCUT2D eigenvalue weighted by atomic mass is 16.1. The smallest absolute Gasteiger partial charge is 0.155 e. The maximum absolute atomic E-state index is 11.6. The maximum Gasteiger partial charge on any atom is 0.155 e. The molecule has 0 saturated heterocycles. The van der Waals surface area contributed by atoms with Gasteiger partial charge in [-0.05, 0) is 62.1 Å². The molecule has 0 heterocycles. The highest BCUT2D eigenvalue weighted by Crippen LogP contribution is 2.19. The molecule has 0 aliphatic rings. The Kier molecular flexibility index (Phi) is 10.1. The molecule has 1 rings (SSSR count). The van der Waals surface area contributed by atoms with Crippen LogP contribution in [0.25, 0.3) is 0 Å². The van der Waals surface area contributed by atoms with Crippen molar-refractivity contribution in [3.63, 3.8) is 0 Å². The Hall–Kier alpha value is -2.66. The fraction of sp³-hybridized carbons (Fsp3) is 0.417. The summed E-state index contributed by atoms with van der Waals surface area (Å²) in [5, 5.41) is 11.4. The Bertz CT molecular complexity index is 792. The molecule has 1 aromatic rings. The van der Waals surface area contributed by atoms with Crippen molar-refractivity contribution in [2.24, 2.45) is 11.7 Å². The number of allylic oxidation sites excluding steroid dienone is 5. The Morgan fingerprint density at radius 3 is 2.52 bits per heavy atom. The normalized spacial score (nSPS) is 14.9. The largest absolute Gasteiger partial charge is 0.362 e.